The summed E-state index contributed by atoms with van der Waals surface area (Å²) >= 11 is 3.54. The average molecular weight is 316 g/mol. The number of anilines is 1. The Bertz CT molecular complexity index is 382. The fourth-order valence-corrected chi connectivity index (χ4v) is 2.23. The molecule has 0 saturated heterocycles. The Labute approximate surface area is 118 Å². The zero-order valence-electron chi connectivity index (χ0n) is 11.7. The van der Waals surface area contributed by atoms with E-state index < -0.39 is 0 Å². The van der Waals surface area contributed by atoms with Gasteiger partial charge in [-0.1, -0.05) is 22.9 Å². The summed E-state index contributed by atoms with van der Waals surface area (Å²) in [6.45, 7) is 10.2. The van der Waals surface area contributed by atoms with Crippen LogP contribution in [0.4, 0.5) is 5.95 Å². The molecule has 1 aromatic heterocycles. The highest BCUT2D eigenvalue weighted by molar-refractivity contribution is 9.09. The molecule has 0 aliphatic heterocycles. The molecule has 1 heterocycles. The number of rotatable bonds is 6. The quantitative estimate of drug-likeness (QED) is 0.815. The van der Waals surface area contributed by atoms with E-state index in [9.17, 15) is 0 Å². The van der Waals surface area contributed by atoms with Gasteiger partial charge in [-0.25, -0.2) is 4.98 Å². The van der Waals surface area contributed by atoms with Crippen molar-refractivity contribution in [3.05, 3.63) is 11.8 Å². The zero-order chi connectivity index (χ0) is 13.7. The van der Waals surface area contributed by atoms with Gasteiger partial charge < -0.3 is 10.1 Å². The molecule has 4 nitrogen and oxygen atoms in total. The lowest BCUT2D eigenvalue weighted by Gasteiger charge is -2.16. The lowest BCUT2D eigenvalue weighted by Crippen LogP contribution is -2.20. The summed E-state index contributed by atoms with van der Waals surface area (Å²) in [6.07, 6.45) is 1.13. The van der Waals surface area contributed by atoms with Gasteiger partial charge in [0.05, 0.1) is 6.10 Å². The lowest BCUT2D eigenvalue weighted by molar-refractivity contribution is 0.232. The molecule has 0 spiro atoms. The van der Waals surface area contributed by atoms with Gasteiger partial charge in [-0.2, -0.15) is 4.98 Å². The van der Waals surface area contributed by atoms with Gasteiger partial charge in [0.1, 0.15) is 0 Å². The van der Waals surface area contributed by atoms with Gasteiger partial charge in [0, 0.05) is 22.6 Å². The third-order valence-electron chi connectivity index (χ3n) is 2.24. The number of halogens is 1. The Balaban J connectivity index is 2.73. The number of aryl methyl sites for hydroxylation is 1. The van der Waals surface area contributed by atoms with Crippen molar-refractivity contribution in [2.24, 2.45) is 0 Å². The molecule has 18 heavy (non-hydrogen) atoms. The minimum absolute atomic E-state index is 0.118. The van der Waals surface area contributed by atoms with E-state index in [1.165, 1.54) is 0 Å². The number of hydrogen-bond donors (Lipinski definition) is 1. The predicted molar refractivity (Wildman–Crippen MR) is 78.6 cm³/mol. The van der Waals surface area contributed by atoms with Crippen molar-refractivity contribution in [2.75, 3.05) is 5.32 Å². The Kier molecular flexibility index (Phi) is 5.85. The van der Waals surface area contributed by atoms with Crippen LogP contribution in [0, 0.1) is 6.92 Å². The van der Waals surface area contributed by atoms with Crippen LogP contribution in [0.25, 0.3) is 0 Å². The van der Waals surface area contributed by atoms with Crippen LogP contribution in [0.2, 0.25) is 0 Å². The molecule has 0 aromatic carbocycles. The molecule has 0 aliphatic rings. The van der Waals surface area contributed by atoms with Gasteiger partial charge in [0.2, 0.25) is 11.8 Å². The van der Waals surface area contributed by atoms with E-state index in [2.05, 4.69) is 45.1 Å². The van der Waals surface area contributed by atoms with E-state index in [4.69, 9.17) is 4.74 Å². The molecule has 0 bridgehead atoms. The molecule has 0 saturated carbocycles. The van der Waals surface area contributed by atoms with Crippen LogP contribution in [0.15, 0.2) is 6.07 Å². The second kappa shape index (κ2) is 6.92. The first-order chi connectivity index (χ1) is 8.36. The first kappa shape index (κ1) is 15.2. The molecule has 2 unspecified atom stereocenters. The van der Waals surface area contributed by atoms with Gasteiger partial charge in [0.15, 0.2) is 0 Å². The highest BCUT2D eigenvalue weighted by Gasteiger charge is 2.09. The molecule has 5 heteroatoms. The van der Waals surface area contributed by atoms with Crippen LogP contribution < -0.4 is 10.1 Å². The van der Waals surface area contributed by atoms with Gasteiger partial charge in [-0.15, -0.1) is 0 Å². The number of nitrogens with one attached hydrogen (secondary N) is 1. The summed E-state index contributed by atoms with van der Waals surface area (Å²) in [5, 5.41) is 3.30. The summed E-state index contributed by atoms with van der Waals surface area (Å²) < 4.78 is 5.60. The summed E-state index contributed by atoms with van der Waals surface area (Å²) in [7, 11) is 0. The third kappa shape index (κ3) is 5.67. The first-order valence-corrected chi connectivity index (χ1v) is 7.21. The second-order valence-corrected chi connectivity index (χ2v) is 6.46. The first-order valence-electron chi connectivity index (χ1n) is 6.29. The van der Waals surface area contributed by atoms with E-state index in [1.807, 2.05) is 26.8 Å². The van der Waals surface area contributed by atoms with E-state index in [1.54, 1.807) is 0 Å². The molecule has 2 atom stereocenters. The fourth-order valence-electron chi connectivity index (χ4n) is 1.67. The maximum absolute atomic E-state index is 5.60. The molecule has 0 amide bonds. The van der Waals surface area contributed by atoms with Crippen molar-refractivity contribution in [1.82, 2.24) is 9.97 Å². The van der Waals surface area contributed by atoms with Crippen molar-refractivity contribution in [3.63, 3.8) is 0 Å². The monoisotopic (exact) mass is 315 g/mol. The van der Waals surface area contributed by atoms with Crippen molar-refractivity contribution >= 4 is 21.9 Å². The topological polar surface area (TPSA) is 47.0 Å². The number of nitrogens with zero attached hydrogens (tertiary/aromatic N) is 2. The SMILES string of the molecule is Cc1cc(OC(C)C)nc(NC(C)CC(C)Br)n1. The second-order valence-electron chi connectivity index (χ2n) is 4.90. The summed E-state index contributed by atoms with van der Waals surface area (Å²) in [5.41, 5.74) is 0.905. The van der Waals surface area contributed by atoms with Crippen LogP contribution >= 0.6 is 15.9 Å². The van der Waals surface area contributed by atoms with Gasteiger partial charge in [-0.05, 0) is 34.1 Å². The van der Waals surface area contributed by atoms with Gasteiger partial charge in [-0.3, -0.25) is 0 Å². The summed E-state index contributed by atoms with van der Waals surface area (Å²) in [5.74, 6) is 1.25. The molecule has 102 valence electrons. The maximum atomic E-state index is 5.60. The molecular weight excluding hydrogens is 294 g/mol. The van der Waals surface area contributed by atoms with Crippen molar-refractivity contribution in [2.45, 2.75) is 58.0 Å². The standard InChI is InChI=1S/C13H22BrN3O/c1-8(2)18-12-7-11(5)16-13(17-12)15-10(4)6-9(3)14/h7-10H,6H2,1-5H3,(H,15,16,17). The smallest absolute Gasteiger partial charge is 0.226 e. The molecule has 1 rings (SSSR count). The van der Waals surface area contributed by atoms with Crippen molar-refractivity contribution in [3.8, 4) is 5.88 Å². The largest absolute Gasteiger partial charge is 0.475 e. The molecule has 0 radical (unpaired) electrons. The number of alkyl halides is 1. The van der Waals surface area contributed by atoms with Crippen LogP contribution in [0.1, 0.15) is 39.8 Å². The highest BCUT2D eigenvalue weighted by Crippen LogP contribution is 2.16. The van der Waals surface area contributed by atoms with Crippen LogP contribution in [0.3, 0.4) is 0 Å². The van der Waals surface area contributed by atoms with Gasteiger partial charge in [0.25, 0.3) is 0 Å². The lowest BCUT2D eigenvalue weighted by atomic mass is 10.2. The summed E-state index contributed by atoms with van der Waals surface area (Å²) in [6, 6.07) is 2.16. The van der Waals surface area contributed by atoms with E-state index in [-0.39, 0.29) is 6.10 Å². The van der Waals surface area contributed by atoms with Crippen LogP contribution in [-0.2, 0) is 0 Å². The third-order valence-corrected chi connectivity index (χ3v) is 2.61. The van der Waals surface area contributed by atoms with Crippen LogP contribution in [0.5, 0.6) is 5.88 Å². The van der Waals surface area contributed by atoms with Crippen LogP contribution in [-0.4, -0.2) is 26.9 Å². The normalized spacial score (nSPS) is 14.4. The minimum atomic E-state index is 0.118. The Morgan fingerprint density at radius 2 is 1.94 bits per heavy atom. The zero-order valence-corrected chi connectivity index (χ0v) is 13.3. The molecule has 0 aliphatic carbocycles. The fraction of sp³-hybridized carbons (Fsp3) is 0.692. The van der Waals surface area contributed by atoms with E-state index >= 15 is 0 Å². The number of aromatic nitrogens is 2. The predicted octanol–water partition coefficient (Wildman–Crippen LogP) is 3.55. The summed E-state index contributed by atoms with van der Waals surface area (Å²) in [4.78, 5) is 9.20. The number of hydrogen-bond acceptors (Lipinski definition) is 4. The van der Waals surface area contributed by atoms with E-state index in [0.29, 0.717) is 22.7 Å². The van der Waals surface area contributed by atoms with Crippen molar-refractivity contribution < 1.29 is 4.74 Å². The molecule has 1 aromatic rings. The minimum Gasteiger partial charge on any atom is -0.475 e. The Hall–Kier alpha value is -0.840. The van der Waals surface area contributed by atoms with E-state index in [0.717, 1.165) is 12.1 Å². The number of ether oxygens (including phenoxy) is 1. The highest BCUT2D eigenvalue weighted by atomic mass is 79.9. The van der Waals surface area contributed by atoms with Gasteiger partial charge >= 0.3 is 0 Å². The molecule has 1 N–H and O–H groups in total. The Morgan fingerprint density at radius 1 is 1.28 bits per heavy atom. The van der Waals surface area contributed by atoms with Crippen molar-refractivity contribution in [1.29, 1.82) is 0 Å². The maximum Gasteiger partial charge on any atom is 0.226 e. The molecular formula is C13H22BrN3O. The molecule has 0 fully saturated rings. The average Bonchev–Trinajstić information content (AvgIpc) is 2.12. The Morgan fingerprint density at radius 3 is 2.50 bits per heavy atom.